The number of benzene rings is 1. The van der Waals surface area contributed by atoms with Gasteiger partial charge in [-0.15, -0.1) is 6.58 Å². The third kappa shape index (κ3) is 13.8. The molecule has 0 amide bonds. The van der Waals surface area contributed by atoms with Crippen molar-refractivity contribution in [1.29, 1.82) is 0 Å². The first-order valence-electron chi connectivity index (χ1n) is 9.78. The fraction of sp³-hybridized carbons (Fsp3) is 0.522. The van der Waals surface area contributed by atoms with Gasteiger partial charge in [-0.3, -0.25) is 0 Å². The number of aryl methyl sites for hydroxylation is 1. The van der Waals surface area contributed by atoms with E-state index in [-0.39, 0.29) is 6.61 Å². The van der Waals surface area contributed by atoms with Crippen molar-refractivity contribution >= 4 is 5.97 Å². The Bertz CT molecular complexity index is 537. The van der Waals surface area contributed by atoms with E-state index in [1.807, 2.05) is 18.2 Å². The number of carbonyl (C=O) groups is 1. The number of aromatic hydroxyl groups is 1. The average Bonchev–Trinajstić information content (AvgIpc) is 2.68. The lowest BCUT2D eigenvalue weighted by molar-refractivity contribution is -0.136. The Kier molecular flexibility index (Phi) is 16.0. The second-order valence-corrected chi connectivity index (χ2v) is 6.40. The van der Waals surface area contributed by atoms with Gasteiger partial charge >= 0.3 is 5.97 Å². The highest BCUT2D eigenvalue weighted by atomic mass is 16.5. The van der Waals surface area contributed by atoms with Crippen molar-refractivity contribution in [2.24, 2.45) is 0 Å². The van der Waals surface area contributed by atoms with Crippen molar-refractivity contribution in [3.63, 3.8) is 0 Å². The van der Waals surface area contributed by atoms with Crippen molar-refractivity contribution in [3.05, 3.63) is 54.6 Å². The molecule has 0 saturated carbocycles. The first-order valence-corrected chi connectivity index (χ1v) is 9.78. The van der Waals surface area contributed by atoms with E-state index in [2.05, 4.69) is 24.8 Å². The predicted molar refractivity (Wildman–Crippen MR) is 112 cm³/mol. The number of para-hydroxylation sites is 1. The molecular weight excluding hydrogens is 340 g/mol. The van der Waals surface area contributed by atoms with Gasteiger partial charge in [-0.05, 0) is 24.5 Å². The second kappa shape index (κ2) is 17.3. The highest BCUT2D eigenvalue weighted by molar-refractivity contribution is 5.87. The molecule has 0 aliphatic carbocycles. The molecule has 0 atom stereocenters. The number of phenolic OH excluding ortho intramolecular Hbond substituents is 1. The van der Waals surface area contributed by atoms with E-state index in [9.17, 15) is 9.90 Å². The molecule has 27 heavy (non-hydrogen) atoms. The Morgan fingerprint density at radius 3 is 2.33 bits per heavy atom. The van der Waals surface area contributed by atoms with Crippen LogP contribution in [0.15, 0.2) is 49.1 Å². The van der Waals surface area contributed by atoms with Crippen molar-refractivity contribution in [3.8, 4) is 5.75 Å². The summed E-state index contributed by atoms with van der Waals surface area (Å²) >= 11 is 0. The van der Waals surface area contributed by atoms with E-state index in [1.54, 1.807) is 12.1 Å². The van der Waals surface area contributed by atoms with Crippen LogP contribution in [0.4, 0.5) is 0 Å². The number of carbonyl (C=O) groups excluding carboxylic acids is 1. The summed E-state index contributed by atoms with van der Waals surface area (Å²) in [4.78, 5) is 10.7. The molecule has 1 rings (SSSR count). The highest BCUT2D eigenvalue weighted by Crippen LogP contribution is 2.18. The smallest absolute Gasteiger partial charge is 0.335 e. The molecule has 0 saturated heterocycles. The molecule has 0 unspecified atom stereocenters. The molecule has 0 heterocycles. The van der Waals surface area contributed by atoms with Crippen LogP contribution in [0.5, 0.6) is 5.75 Å². The Morgan fingerprint density at radius 2 is 1.74 bits per heavy atom. The van der Waals surface area contributed by atoms with Gasteiger partial charge in [-0.25, -0.2) is 4.79 Å². The maximum Gasteiger partial charge on any atom is 0.335 e. The lowest BCUT2D eigenvalue weighted by atomic mass is 10.0. The number of esters is 1. The van der Waals surface area contributed by atoms with Crippen LogP contribution in [0.2, 0.25) is 0 Å². The number of unbranched alkanes of at least 4 members (excludes halogenated alkanes) is 6. The van der Waals surface area contributed by atoms with Crippen molar-refractivity contribution in [2.75, 3.05) is 20.3 Å². The van der Waals surface area contributed by atoms with Gasteiger partial charge in [0.25, 0.3) is 0 Å². The lowest BCUT2D eigenvalue weighted by Crippen LogP contribution is -2.09. The van der Waals surface area contributed by atoms with Crippen LogP contribution in [0.25, 0.3) is 0 Å². The normalized spacial score (nSPS) is 9.85. The summed E-state index contributed by atoms with van der Waals surface area (Å²) in [5.41, 5.74) is 1.41. The molecule has 4 nitrogen and oxygen atoms in total. The number of methoxy groups -OCH3 is 1. The molecule has 0 radical (unpaired) electrons. The van der Waals surface area contributed by atoms with E-state index in [1.165, 1.54) is 52.1 Å². The molecular formula is C23H36O4. The fourth-order valence-electron chi connectivity index (χ4n) is 2.46. The minimum Gasteiger partial charge on any atom is -0.508 e. The molecule has 1 aromatic carbocycles. The second-order valence-electron chi connectivity index (χ2n) is 6.40. The van der Waals surface area contributed by atoms with Gasteiger partial charge in [-0.1, -0.05) is 76.3 Å². The van der Waals surface area contributed by atoms with Crippen LogP contribution in [-0.2, 0) is 20.7 Å². The summed E-state index contributed by atoms with van der Waals surface area (Å²) < 4.78 is 9.35. The quantitative estimate of drug-likeness (QED) is 0.211. The zero-order valence-electron chi connectivity index (χ0n) is 17.0. The Morgan fingerprint density at radius 1 is 1.11 bits per heavy atom. The van der Waals surface area contributed by atoms with E-state index in [0.717, 1.165) is 12.0 Å². The third-order valence-corrected chi connectivity index (χ3v) is 4.03. The van der Waals surface area contributed by atoms with Crippen LogP contribution < -0.4 is 0 Å². The third-order valence-electron chi connectivity index (χ3n) is 4.03. The summed E-state index contributed by atoms with van der Waals surface area (Å²) in [6.45, 7) is 9.77. The fourth-order valence-corrected chi connectivity index (χ4v) is 2.46. The molecule has 0 spiro atoms. The number of hydrogen-bond donors (Lipinski definition) is 1. The number of ether oxygens (including phenoxy) is 2. The summed E-state index contributed by atoms with van der Waals surface area (Å²) in [5, 5.41) is 9.58. The minimum atomic E-state index is -0.436. The van der Waals surface area contributed by atoms with Gasteiger partial charge in [0.05, 0.1) is 25.9 Å². The van der Waals surface area contributed by atoms with E-state index in [0.29, 0.717) is 17.9 Å². The van der Waals surface area contributed by atoms with Crippen LogP contribution in [0.3, 0.4) is 0 Å². The topological polar surface area (TPSA) is 55.8 Å². The molecule has 152 valence electrons. The molecule has 0 aliphatic rings. The van der Waals surface area contributed by atoms with Crippen LogP contribution in [0.1, 0.15) is 57.4 Å². The highest BCUT2D eigenvalue weighted by Gasteiger charge is 2.04. The van der Waals surface area contributed by atoms with Gasteiger partial charge in [0.2, 0.25) is 0 Å². The van der Waals surface area contributed by atoms with E-state index >= 15 is 0 Å². The summed E-state index contributed by atoms with van der Waals surface area (Å²) in [7, 11) is 1.31. The molecule has 1 N–H and O–H groups in total. The summed E-state index contributed by atoms with van der Waals surface area (Å²) in [6, 6.07) is 7.67. The molecule has 1 aromatic rings. The van der Waals surface area contributed by atoms with Gasteiger partial charge < -0.3 is 14.6 Å². The first kappa shape index (κ1) is 24.9. The predicted octanol–water partition coefficient (Wildman–Crippen LogP) is 5.60. The van der Waals surface area contributed by atoms with Crippen LogP contribution in [-0.4, -0.2) is 31.4 Å². The van der Waals surface area contributed by atoms with Crippen LogP contribution >= 0.6 is 0 Å². The van der Waals surface area contributed by atoms with Crippen molar-refractivity contribution in [2.45, 2.75) is 58.3 Å². The Hall–Kier alpha value is -2.07. The Labute approximate surface area is 164 Å². The van der Waals surface area contributed by atoms with Crippen LogP contribution in [0, 0.1) is 0 Å². The summed E-state index contributed by atoms with van der Waals surface area (Å²) in [5.74, 6) is 0.0162. The average molecular weight is 377 g/mol. The Balaban J connectivity index is 0.000000541. The standard InChI is InChI=1S/C15H24O.C8H12O3/c1-2-3-4-5-6-7-8-11-14-12-9-10-13-15(14)16;1-4-5-11-6-7(2)8(9)10-3/h9-10,12-13,16H,2-8,11H2,1H3;4H,1-2,5-6H2,3H3. The molecule has 0 fully saturated rings. The minimum absolute atomic E-state index is 0.193. The zero-order chi connectivity index (χ0) is 20.3. The van der Waals surface area contributed by atoms with E-state index < -0.39 is 5.97 Å². The number of phenols is 1. The van der Waals surface area contributed by atoms with Gasteiger partial charge in [-0.2, -0.15) is 0 Å². The maximum absolute atomic E-state index is 10.7. The number of rotatable bonds is 13. The van der Waals surface area contributed by atoms with E-state index in [4.69, 9.17) is 4.74 Å². The van der Waals surface area contributed by atoms with Crippen molar-refractivity contribution < 1.29 is 19.4 Å². The first-order chi connectivity index (χ1) is 13.1. The molecule has 0 bridgehead atoms. The largest absolute Gasteiger partial charge is 0.508 e. The molecule has 0 aromatic heterocycles. The summed E-state index contributed by atoms with van der Waals surface area (Å²) in [6.07, 6.45) is 11.9. The van der Waals surface area contributed by atoms with Gasteiger partial charge in [0.1, 0.15) is 5.75 Å². The van der Waals surface area contributed by atoms with Gasteiger partial charge in [0, 0.05) is 0 Å². The zero-order valence-corrected chi connectivity index (χ0v) is 17.0. The lowest BCUT2D eigenvalue weighted by Gasteiger charge is -2.04. The van der Waals surface area contributed by atoms with Crippen molar-refractivity contribution in [1.82, 2.24) is 0 Å². The molecule has 4 heteroatoms. The van der Waals surface area contributed by atoms with Gasteiger partial charge in [0.15, 0.2) is 0 Å². The number of hydrogen-bond acceptors (Lipinski definition) is 4. The monoisotopic (exact) mass is 376 g/mol. The maximum atomic E-state index is 10.7. The SMILES string of the molecule is C=CCOCC(=C)C(=O)OC.CCCCCCCCCc1ccccc1O. The molecule has 0 aliphatic heterocycles.